The third-order valence-corrected chi connectivity index (χ3v) is 4.71. The van der Waals surface area contributed by atoms with E-state index in [1.54, 1.807) is 37.9 Å². The Morgan fingerprint density at radius 2 is 2.13 bits per heavy atom. The van der Waals surface area contributed by atoms with E-state index in [0.29, 0.717) is 22.6 Å². The van der Waals surface area contributed by atoms with Crippen LogP contribution in [0.25, 0.3) is 22.0 Å². The van der Waals surface area contributed by atoms with Crippen molar-refractivity contribution in [1.29, 1.82) is 0 Å². The number of fused-ring (bicyclic) bond motifs is 1. The number of hydrogen-bond donors (Lipinski definition) is 3. The molecular weight excluding hydrogens is 384 g/mol. The number of hydrogen-bond acceptors (Lipinski definition) is 8. The summed E-state index contributed by atoms with van der Waals surface area (Å²) in [5.74, 6) is 0.424. The van der Waals surface area contributed by atoms with E-state index in [-0.39, 0.29) is 18.3 Å². The smallest absolute Gasteiger partial charge is 0.241 e. The van der Waals surface area contributed by atoms with Crippen LogP contribution in [0.4, 0.5) is 17.3 Å². The van der Waals surface area contributed by atoms with Crippen LogP contribution in [0.15, 0.2) is 49.2 Å². The number of nitrogen functional groups attached to an aromatic ring is 1. The van der Waals surface area contributed by atoms with Gasteiger partial charge in [0.25, 0.3) is 0 Å². The lowest BCUT2D eigenvalue weighted by Gasteiger charge is -2.15. The van der Waals surface area contributed by atoms with Crippen molar-refractivity contribution in [1.82, 2.24) is 30.0 Å². The van der Waals surface area contributed by atoms with E-state index in [9.17, 15) is 10.0 Å². The van der Waals surface area contributed by atoms with Gasteiger partial charge in [0.2, 0.25) is 5.91 Å². The molecule has 10 heteroatoms. The summed E-state index contributed by atoms with van der Waals surface area (Å²) in [6, 6.07) is 5.49. The maximum absolute atomic E-state index is 11.5. The van der Waals surface area contributed by atoms with E-state index in [1.807, 2.05) is 19.1 Å². The SMILES string of the molecule is CNC(=O)Cn1cc(N(O)c2cc3cc(-c4cnccc4C)nc(N)c3cn2)cn1. The normalized spacial score (nSPS) is 10.9. The molecule has 0 radical (unpaired) electrons. The molecule has 10 nitrogen and oxygen atoms in total. The highest BCUT2D eigenvalue weighted by Gasteiger charge is 2.14. The molecule has 4 heterocycles. The van der Waals surface area contributed by atoms with Gasteiger partial charge >= 0.3 is 0 Å². The van der Waals surface area contributed by atoms with E-state index in [2.05, 4.69) is 25.4 Å². The Labute approximate surface area is 172 Å². The van der Waals surface area contributed by atoms with Gasteiger partial charge < -0.3 is 11.1 Å². The zero-order chi connectivity index (χ0) is 21.3. The molecule has 0 saturated heterocycles. The molecule has 4 aromatic heterocycles. The highest BCUT2D eigenvalue weighted by Crippen LogP contribution is 2.30. The minimum absolute atomic E-state index is 0.0471. The molecule has 0 fully saturated rings. The second-order valence-electron chi connectivity index (χ2n) is 6.73. The quantitative estimate of drug-likeness (QED) is 0.430. The van der Waals surface area contributed by atoms with Crippen LogP contribution in [0.5, 0.6) is 0 Å². The van der Waals surface area contributed by atoms with Crippen LogP contribution in [-0.4, -0.2) is 42.9 Å². The first-order valence-electron chi connectivity index (χ1n) is 9.15. The minimum Gasteiger partial charge on any atom is -0.383 e. The van der Waals surface area contributed by atoms with Crippen LogP contribution in [-0.2, 0) is 11.3 Å². The number of nitrogens with zero attached hydrogens (tertiary/aromatic N) is 6. The zero-order valence-electron chi connectivity index (χ0n) is 16.4. The van der Waals surface area contributed by atoms with Gasteiger partial charge in [-0.15, -0.1) is 0 Å². The number of carbonyl (C=O) groups is 1. The number of carbonyl (C=O) groups excluding carboxylic acids is 1. The largest absolute Gasteiger partial charge is 0.383 e. The fraction of sp³-hybridized carbons (Fsp3) is 0.150. The van der Waals surface area contributed by atoms with Gasteiger partial charge in [0.15, 0.2) is 5.82 Å². The van der Waals surface area contributed by atoms with Gasteiger partial charge in [0.05, 0.1) is 18.1 Å². The lowest BCUT2D eigenvalue weighted by Crippen LogP contribution is -2.23. The first-order chi connectivity index (χ1) is 14.5. The topological polar surface area (TPSA) is 135 Å². The number of amides is 1. The van der Waals surface area contributed by atoms with Crippen molar-refractivity contribution in [2.45, 2.75) is 13.5 Å². The first kappa shape index (κ1) is 19.3. The van der Waals surface area contributed by atoms with Crippen molar-refractivity contribution in [3.05, 3.63) is 54.7 Å². The van der Waals surface area contributed by atoms with E-state index in [0.717, 1.165) is 21.6 Å². The average molecular weight is 404 g/mol. The second-order valence-corrected chi connectivity index (χ2v) is 6.73. The second kappa shape index (κ2) is 7.76. The van der Waals surface area contributed by atoms with E-state index >= 15 is 0 Å². The molecule has 0 aromatic carbocycles. The molecule has 0 spiro atoms. The molecule has 4 rings (SSSR count). The van der Waals surface area contributed by atoms with Crippen LogP contribution < -0.4 is 16.1 Å². The highest BCUT2D eigenvalue weighted by atomic mass is 16.5. The van der Waals surface area contributed by atoms with E-state index < -0.39 is 0 Å². The summed E-state index contributed by atoms with van der Waals surface area (Å²) in [5.41, 5.74) is 9.10. The number of nitrogens with one attached hydrogen (secondary N) is 1. The van der Waals surface area contributed by atoms with Crippen LogP contribution in [0.3, 0.4) is 0 Å². The Morgan fingerprint density at radius 3 is 2.90 bits per heavy atom. The van der Waals surface area contributed by atoms with E-state index in [1.165, 1.54) is 10.9 Å². The standard InChI is InChI=1S/C20H20N8O2/c1-12-3-4-23-8-15(12)17-5-13-6-18(24-9-16(13)20(21)26-17)28(30)14-7-25-27(10-14)11-19(29)22-2/h3-10,30H,11H2,1-2H3,(H2,21,26)(H,22,29). The monoisotopic (exact) mass is 404 g/mol. The lowest BCUT2D eigenvalue weighted by molar-refractivity contribution is -0.121. The average Bonchev–Trinajstić information content (AvgIpc) is 3.21. The Bertz CT molecular complexity index is 1240. The molecular formula is C20H20N8O2. The molecule has 4 aromatic rings. The van der Waals surface area contributed by atoms with Crippen LogP contribution in [0, 0.1) is 6.92 Å². The summed E-state index contributed by atoms with van der Waals surface area (Å²) >= 11 is 0. The number of rotatable bonds is 5. The van der Waals surface area contributed by atoms with Crippen molar-refractivity contribution >= 4 is 34.0 Å². The number of pyridine rings is 3. The molecule has 152 valence electrons. The summed E-state index contributed by atoms with van der Waals surface area (Å²) < 4.78 is 1.42. The number of aryl methyl sites for hydroxylation is 1. The molecule has 4 N–H and O–H groups in total. The molecule has 0 saturated carbocycles. The molecule has 1 amide bonds. The van der Waals surface area contributed by atoms with Gasteiger partial charge in [0, 0.05) is 36.6 Å². The maximum atomic E-state index is 11.5. The number of nitrogens with two attached hydrogens (primary N) is 1. The number of aromatic nitrogens is 5. The summed E-state index contributed by atoms with van der Waals surface area (Å²) in [7, 11) is 1.55. The molecule has 0 atom stereocenters. The summed E-state index contributed by atoms with van der Waals surface area (Å²) in [4.78, 5) is 24.4. The lowest BCUT2D eigenvalue weighted by atomic mass is 10.1. The third kappa shape index (κ3) is 3.63. The van der Waals surface area contributed by atoms with Gasteiger partial charge in [-0.3, -0.25) is 19.7 Å². The van der Waals surface area contributed by atoms with Crippen LogP contribution >= 0.6 is 0 Å². The Balaban J connectivity index is 1.70. The fourth-order valence-corrected chi connectivity index (χ4v) is 3.06. The van der Waals surface area contributed by atoms with Crippen LogP contribution in [0.2, 0.25) is 0 Å². The summed E-state index contributed by atoms with van der Waals surface area (Å²) in [6.07, 6.45) is 8.01. The third-order valence-electron chi connectivity index (χ3n) is 4.71. The van der Waals surface area contributed by atoms with Crippen molar-refractivity contribution in [2.75, 3.05) is 17.8 Å². The first-order valence-corrected chi connectivity index (χ1v) is 9.15. The molecule has 0 bridgehead atoms. The summed E-state index contributed by atoms with van der Waals surface area (Å²) in [6.45, 7) is 2.02. The molecule has 0 aliphatic carbocycles. The van der Waals surface area contributed by atoms with Gasteiger partial charge in [-0.1, -0.05) is 0 Å². The Kier molecular flexibility index (Phi) is 4.98. The molecule has 0 unspecified atom stereocenters. The van der Waals surface area contributed by atoms with Gasteiger partial charge in [-0.05, 0) is 36.1 Å². The van der Waals surface area contributed by atoms with Gasteiger partial charge in [-0.25, -0.2) is 15.0 Å². The van der Waals surface area contributed by atoms with Crippen molar-refractivity contribution < 1.29 is 10.0 Å². The number of likely N-dealkylation sites (N-methyl/N-ethyl adjacent to an activating group) is 1. The van der Waals surface area contributed by atoms with Crippen molar-refractivity contribution in [2.24, 2.45) is 0 Å². The van der Waals surface area contributed by atoms with Gasteiger partial charge in [-0.2, -0.15) is 5.10 Å². The fourth-order valence-electron chi connectivity index (χ4n) is 3.06. The molecule has 0 aliphatic heterocycles. The highest BCUT2D eigenvalue weighted by molar-refractivity contribution is 5.94. The van der Waals surface area contributed by atoms with Crippen LogP contribution in [0.1, 0.15) is 5.56 Å². The summed E-state index contributed by atoms with van der Waals surface area (Å²) in [5, 5.41) is 19.6. The zero-order valence-corrected chi connectivity index (χ0v) is 16.4. The predicted molar refractivity (Wildman–Crippen MR) is 112 cm³/mol. The van der Waals surface area contributed by atoms with Crippen molar-refractivity contribution in [3.8, 4) is 11.3 Å². The number of anilines is 3. The minimum atomic E-state index is -0.195. The molecule has 0 aliphatic rings. The predicted octanol–water partition coefficient (Wildman–Crippen LogP) is 2.05. The van der Waals surface area contributed by atoms with E-state index in [4.69, 9.17) is 5.73 Å². The Hall–Kier alpha value is -4.05. The molecule has 30 heavy (non-hydrogen) atoms. The Morgan fingerprint density at radius 1 is 1.30 bits per heavy atom. The maximum Gasteiger partial charge on any atom is 0.241 e. The van der Waals surface area contributed by atoms with Crippen molar-refractivity contribution in [3.63, 3.8) is 0 Å². The van der Waals surface area contributed by atoms with Gasteiger partial charge in [0.1, 0.15) is 18.1 Å².